The first-order valence-corrected chi connectivity index (χ1v) is 9.88. The number of hydrogen-bond acceptors (Lipinski definition) is 3. The number of amides is 2. The van der Waals surface area contributed by atoms with Crippen molar-refractivity contribution in [3.63, 3.8) is 0 Å². The Balaban J connectivity index is 1.39. The van der Waals surface area contributed by atoms with E-state index in [0.717, 1.165) is 18.6 Å². The minimum Gasteiger partial charge on any atom is -0.338 e. The summed E-state index contributed by atoms with van der Waals surface area (Å²) in [6.45, 7) is 3.30. The van der Waals surface area contributed by atoms with Crippen LogP contribution in [0.3, 0.4) is 0 Å². The van der Waals surface area contributed by atoms with Crippen LogP contribution in [0.15, 0.2) is 70.9 Å². The zero-order chi connectivity index (χ0) is 19.9. The molecule has 1 aromatic rings. The van der Waals surface area contributed by atoms with Gasteiger partial charge in [0, 0.05) is 31.2 Å². The Morgan fingerprint density at radius 3 is 2.75 bits per heavy atom. The Morgan fingerprint density at radius 1 is 1.21 bits per heavy atom. The average molecular weight is 379 g/mol. The maximum absolute atomic E-state index is 12.2. The largest absolute Gasteiger partial charge is 0.338 e. The Labute approximate surface area is 167 Å². The molecule has 1 aromatic carbocycles. The molecule has 0 radical (unpaired) electrons. The first kappa shape index (κ1) is 20.1. The van der Waals surface area contributed by atoms with Crippen LogP contribution in [0.5, 0.6) is 0 Å². The Kier molecular flexibility index (Phi) is 6.82. The van der Waals surface area contributed by atoms with E-state index in [4.69, 9.17) is 0 Å². The first-order valence-electron chi connectivity index (χ1n) is 9.88. The molecule has 2 amide bonds. The fraction of sp³-hybridized carbons (Fsp3) is 0.391. The summed E-state index contributed by atoms with van der Waals surface area (Å²) < 4.78 is 0. The van der Waals surface area contributed by atoms with Gasteiger partial charge >= 0.3 is 6.03 Å². The van der Waals surface area contributed by atoms with Gasteiger partial charge in [0.05, 0.1) is 5.71 Å². The van der Waals surface area contributed by atoms with Gasteiger partial charge in [0.15, 0.2) is 0 Å². The van der Waals surface area contributed by atoms with Gasteiger partial charge in [-0.2, -0.15) is 0 Å². The molecule has 1 aliphatic heterocycles. The minimum absolute atomic E-state index is 0.116. The molecule has 2 aliphatic rings. The zero-order valence-corrected chi connectivity index (χ0v) is 17.0. The summed E-state index contributed by atoms with van der Waals surface area (Å²) in [6, 6.07) is 10.5. The first-order chi connectivity index (χ1) is 13.5. The molecule has 3 rings (SSSR count). The molecule has 0 aromatic heterocycles. The van der Waals surface area contributed by atoms with Crippen molar-refractivity contribution >= 4 is 11.7 Å². The molecule has 1 aliphatic carbocycles. The fourth-order valence-corrected chi connectivity index (χ4v) is 3.52. The third kappa shape index (κ3) is 5.42. The van der Waals surface area contributed by atoms with Gasteiger partial charge in [0.2, 0.25) is 0 Å². The van der Waals surface area contributed by atoms with Gasteiger partial charge < -0.3 is 15.5 Å². The monoisotopic (exact) mass is 378 g/mol. The third-order valence-electron chi connectivity index (χ3n) is 5.27. The predicted molar refractivity (Wildman–Crippen MR) is 116 cm³/mol. The number of hydrogen-bond donors (Lipinski definition) is 2. The van der Waals surface area contributed by atoms with E-state index in [-0.39, 0.29) is 18.0 Å². The van der Waals surface area contributed by atoms with Crippen LogP contribution in [0, 0.1) is 5.92 Å². The lowest BCUT2D eigenvalue weighted by atomic mass is 9.89. The van der Waals surface area contributed by atoms with Gasteiger partial charge in [0.1, 0.15) is 0 Å². The second-order valence-electron chi connectivity index (χ2n) is 7.68. The topological polar surface area (TPSA) is 56.7 Å². The lowest BCUT2D eigenvalue weighted by molar-refractivity contribution is 0.232. The summed E-state index contributed by atoms with van der Waals surface area (Å²) in [6.07, 6.45) is 10.1. The number of aliphatic imine (C=N–C) groups is 1. The number of allylic oxidation sites excluding steroid dienone is 4. The molecule has 0 saturated carbocycles. The molecule has 0 fully saturated rings. The van der Waals surface area contributed by atoms with Crippen molar-refractivity contribution in [2.75, 3.05) is 27.2 Å². The van der Waals surface area contributed by atoms with Crippen molar-refractivity contribution in [3.05, 3.63) is 71.5 Å². The van der Waals surface area contributed by atoms with Gasteiger partial charge in [-0.15, -0.1) is 0 Å². The van der Waals surface area contributed by atoms with Crippen LogP contribution in [0.1, 0.15) is 18.9 Å². The summed E-state index contributed by atoms with van der Waals surface area (Å²) in [5.41, 5.74) is 4.87. The second-order valence-corrected chi connectivity index (χ2v) is 7.68. The predicted octanol–water partition coefficient (Wildman–Crippen LogP) is 3.32. The van der Waals surface area contributed by atoms with Crippen molar-refractivity contribution in [3.8, 4) is 0 Å². The number of benzene rings is 1. The lowest BCUT2D eigenvalue weighted by Crippen LogP contribution is -2.45. The van der Waals surface area contributed by atoms with E-state index in [0.29, 0.717) is 13.1 Å². The van der Waals surface area contributed by atoms with Crippen LogP contribution in [0.4, 0.5) is 4.79 Å². The van der Waals surface area contributed by atoms with Gasteiger partial charge in [-0.1, -0.05) is 42.5 Å². The van der Waals surface area contributed by atoms with E-state index in [1.54, 1.807) is 0 Å². The van der Waals surface area contributed by atoms with Gasteiger partial charge in [-0.25, -0.2) is 4.79 Å². The highest BCUT2D eigenvalue weighted by atomic mass is 16.2. The standard InChI is InChI=1S/C23H30N4O/c1-17-9-10-21-19(15-25-22(21)13-17)11-12-24-23(28)26-16-20(27(2)3)14-18-7-5-4-6-8-18/h4-10,13,15,20-21H,11-12,14,16H2,1-3H3,(H2,24,26,28). The quantitative estimate of drug-likeness (QED) is 0.729. The van der Waals surface area contributed by atoms with Crippen molar-refractivity contribution < 1.29 is 4.79 Å². The molecule has 0 bridgehead atoms. The normalized spacial score (nSPS) is 18.9. The smallest absolute Gasteiger partial charge is 0.314 e. The molecule has 5 heteroatoms. The third-order valence-corrected chi connectivity index (χ3v) is 5.27. The summed E-state index contributed by atoms with van der Waals surface area (Å²) in [7, 11) is 4.09. The van der Waals surface area contributed by atoms with Gasteiger partial charge in [0.25, 0.3) is 0 Å². The molecule has 28 heavy (non-hydrogen) atoms. The van der Waals surface area contributed by atoms with Gasteiger partial charge in [-0.05, 0) is 56.6 Å². The maximum Gasteiger partial charge on any atom is 0.314 e. The summed E-state index contributed by atoms with van der Waals surface area (Å²) >= 11 is 0. The number of likely N-dealkylation sites (N-methyl/N-ethyl adjacent to an activating group) is 1. The van der Waals surface area contributed by atoms with Crippen LogP contribution in [-0.4, -0.2) is 49.9 Å². The van der Waals surface area contributed by atoms with Crippen molar-refractivity contribution in [2.24, 2.45) is 10.9 Å². The van der Waals surface area contributed by atoms with Crippen molar-refractivity contribution in [1.29, 1.82) is 0 Å². The molecule has 0 spiro atoms. The molecule has 0 saturated heterocycles. The van der Waals surface area contributed by atoms with Crippen molar-refractivity contribution in [2.45, 2.75) is 25.8 Å². The van der Waals surface area contributed by atoms with E-state index in [2.05, 4.69) is 57.8 Å². The Morgan fingerprint density at radius 2 is 2.00 bits per heavy atom. The lowest BCUT2D eigenvalue weighted by Gasteiger charge is -2.25. The highest BCUT2D eigenvalue weighted by molar-refractivity contribution is 6.03. The van der Waals surface area contributed by atoms with Crippen molar-refractivity contribution in [1.82, 2.24) is 15.5 Å². The van der Waals surface area contributed by atoms with Crippen LogP contribution >= 0.6 is 0 Å². The highest BCUT2D eigenvalue weighted by Gasteiger charge is 2.23. The van der Waals surface area contributed by atoms with E-state index >= 15 is 0 Å². The molecule has 2 N–H and O–H groups in total. The van der Waals surface area contributed by atoms with E-state index in [9.17, 15) is 4.79 Å². The zero-order valence-electron chi connectivity index (χ0n) is 17.0. The van der Waals surface area contributed by atoms with E-state index in [1.807, 2.05) is 38.5 Å². The number of carbonyl (C=O) groups is 1. The Bertz CT molecular complexity index is 805. The van der Waals surface area contributed by atoms with Gasteiger partial charge in [-0.3, -0.25) is 4.99 Å². The maximum atomic E-state index is 12.2. The fourth-order valence-electron chi connectivity index (χ4n) is 3.52. The number of fused-ring (bicyclic) bond motifs is 1. The van der Waals surface area contributed by atoms with E-state index in [1.165, 1.54) is 16.7 Å². The van der Waals surface area contributed by atoms with Crippen LogP contribution < -0.4 is 10.6 Å². The number of rotatable bonds is 8. The van der Waals surface area contributed by atoms with E-state index < -0.39 is 0 Å². The SMILES string of the molecule is CC1=CC2=NC=C(CCNC(=O)NCC(Cc3ccccc3)N(C)C)C2C=C1. The van der Waals surface area contributed by atoms with Crippen LogP contribution in [0.2, 0.25) is 0 Å². The molecular formula is C23H30N4O. The molecule has 2 unspecified atom stereocenters. The Hall–Kier alpha value is -2.66. The number of urea groups is 1. The van der Waals surface area contributed by atoms with Crippen LogP contribution in [-0.2, 0) is 6.42 Å². The highest BCUT2D eigenvalue weighted by Crippen LogP contribution is 2.28. The molecular weight excluding hydrogens is 348 g/mol. The minimum atomic E-state index is -0.116. The molecule has 1 heterocycles. The average Bonchev–Trinajstić information content (AvgIpc) is 3.07. The molecule has 2 atom stereocenters. The number of nitrogens with zero attached hydrogens (tertiary/aromatic N) is 2. The number of nitrogens with one attached hydrogen (secondary N) is 2. The molecule has 5 nitrogen and oxygen atoms in total. The summed E-state index contributed by atoms with van der Waals surface area (Å²) in [5, 5.41) is 5.98. The number of carbonyl (C=O) groups excluding carboxylic acids is 1. The van der Waals surface area contributed by atoms with Crippen LogP contribution in [0.25, 0.3) is 0 Å². The summed E-state index contributed by atoms with van der Waals surface area (Å²) in [4.78, 5) is 18.9. The molecule has 148 valence electrons. The second kappa shape index (κ2) is 9.51. The summed E-state index contributed by atoms with van der Waals surface area (Å²) in [5.74, 6) is 0.276.